The molecule has 4 nitrogen and oxygen atoms in total. The van der Waals surface area contributed by atoms with Crippen LogP contribution in [0.3, 0.4) is 0 Å². The van der Waals surface area contributed by atoms with E-state index < -0.39 is 10.0 Å². The minimum atomic E-state index is -3.65. The third-order valence-electron chi connectivity index (χ3n) is 6.64. The predicted molar refractivity (Wildman–Crippen MR) is 126 cm³/mol. The molecule has 0 saturated carbocycles. The Balaban J connectivity index is 1.54. The molecule has 0 bridgehead atoms. The van der Waals surface area contributed by atoms with Gasteiger partial charge in [0.2, 0.25) is 0 Å². The number of allylic oxidation sites excluding steroid dienone is 2. The first kappa shape index (κ1) is 19.9. The minimum Gasteiger partial charge on any atom is -0.378 e. The van der Waals surface area contributed by atoms with Crippen LogP contribution in [0, 0.1) is 12.8 Å². The van der Waals surface area contributed by atoms with Gasteiger partial charge in [0.05, 0.1) is 16.6 Å². The molecule has 1 aliphatic carbocycles. The molecule has 3 unspecified atom stereocenters. The third-order valence-corrected chi connectivity index (χ3v) is 8.42. The van der Waals surface area contributed by atoms with Crippen molar-refractivity contribution in [2.24, 2.45) is 5.92 Å². The number of hydrogen-bond acceptors (Lipinski definition) is 3. The highest BCUT2D eigenvalue weighted by atomic mass is 32.2. The molecule has 158 valence electrons. The SMILES string of the molecule is Cc1ccccc1C1Nc2ccc(S(=O)(=O)N(C)c3ccccc3)cc2C2C=CCC21. The summed E-state index contributed by atoms with van der Waals surface area (Å²) in [6, 6.07) is 23.4. The Bertz CT molecular complexity index is 1250. The summed E-state index contributed by atoms with van der Waals surface area (Å²) < 4.78 is 28.0. The molecule has 0 fully saturated rings. The molecule has 0 saturated heterocycles. The molecule has 3 atom stereocenters. The van der Waals surface area contributed by atoms with Crippen LogP contribution >= 0.6 is 0 Å². The molecule has 0 spiro atoms. The highest BCUT2D eigenvalue weighted by Crippen LogP contribution is 2.50. The van der Waals surface area contributed by atoms with Crippen molar-refractivity contribution >= 4 is 21.4 Å². The average molecular weight is 431 g/mol. The lowest BCUT2D eigenvalue weighted by atomic mass is 9.76. The second-order valence-corrected chi connectivity index (χ2v) is 10.4. The van der Waals surface area contributed by atoms with Crippen LogP contribution in [0.5, 0.6) is 0 Å². The number of anilines is 2. The number of nitrogens with one attached hydrogen (secondary N) is 1. The molecule has 31 heavy (non-hydrogen) atoms. The van der Waals surface area contributed by atoms with Crippen molar-refractivity contribution in [3.05, 3.63) is 102 Å². The van der Waals surface area contributed by atoms with Gasteiger partial charge < -0.3 is 5.32 Å². The van der Waals surface area contributed by atoms with Crippen LogP contribution < -0.4 is 9.62 Å². The van der Waals surface area contributed by atoms with Gasteiger partial charge in [-0.15, -0.1) is 0 Å². The number of hydrogen-bond donors (Lipinski definition) is 1. The third kappa shape index (κ3) is 3.33. The molecule has 1 aliphatic heterocycles. The lowest BCUT2D eigenvalue weighted by Crippen LogP contribution is -2.30. The normalized spacial score (nSPS) is 21.8. The first-order valence-corrected chi connectivity index (χ1v) is 12.1. The Morgan fingerprint density at radius 3 is 2.45 bits per heavy atom. The lowest BCUT2D eigenvalue weighted by molar-refractivity contribution is 0.424. The largest absolute Gasteiger partial charge is 0.378 e. The highest BCUT2D eigenvalue weighted by Gasteiger charge is 2.39. The molecule has 1 heterocycles. The van der Waals surface area contributed by atoms with E-state index >= 15 is 0 Å². The number of aryl methyl sites for hydroxylation is 1. The smallest absolute Gasteiger partial charge is 0.264 e. The fourth-order valence-electron chi connectivity index (χ4n) is 4.91. The van der Waals surface area contributed by atoms with Crippen molar-refractivity contribution in [1.82, 2.24) is 0 Å². The molecule has 0 aromatic heterocycles. The van der Waals surface area contributed by atoms with E-state index in [2.05, 4.69) is 48.7 Å². The number of fused-ring (bicyclic) bond motifs is 3. The number of sulfonamides is 1. The van der Waals surface area contributed by atoms with Crippen LogP contribution in [-0.2, 0) is 10.0 Å². The van der Waals surface area contributed by atoms with E-state index in [-0.39, 0.29) is 12.0 Å². The van der Waals surface area contributed by atoms with E-state index in [1.54, 1.807) is 25.2 Å². The zero-order valence-corrected chi connectivity index (χ0v) is 18.5. The van der Waals surface area contributed by atoms with Gasteiger partial charge in [0.1, 0.15) is 0 Å². The van der Waals surface area contributed by atoms with Gasteiger partial charge in [-0.25, -0.2) is 8.42 Å². The van der Waals surface area contributed by atoms with Crippen LogP contribution in [0.2, 0.25) is 0 Å². The molecular weight excluding hydrogens is 404 g/mol. The quantitative estimate of drug-likeness (QED) is 0.545. The summed E-state index contributed by atoms with van der Waals surface area (Å²) in [5.41, 5.74) is 5.32. The summed E-state index contributed by atoms with van der Waals surface area (Å²) in [4.78, 5) is 0.327. The molecule has 3 aromatic rings. The van der Waals surface area contributed by atoms with Crippen molar-refractivity contribution < 1.29 is 8.42 Å². The summed E-state index contributed by atoms with van der Waals surface area (Å²) in [6.07, 6.45) is 5.46. The molecule has 5 heteroatoms. The predicted octanol–water partition coefficient (Wildman–Crippen LogP) is 5.65. The van der Waals surface area contributed by atoms with E-state index in [0.717, 1.165) is 17.7 Å². The Kier molecular flexibility index (Phi) is 4.86. The lowest BCUT2D eigenvalue weighted by Gasteiger charge is -2.38. The van der Waals surface area contributed by atoms with Crippen LogP contribution in [0.15, 0.2) is 89.8 Å². The van der Waals surface area contributed by atoms with Gasteiger partial charge in [-0.1, -0.05) is 54.6 Å². The maximum absolute atomic E-state index is 13.3. The maximum atomic E-state index is 13.3. The molecule has 5 rings (SSSR count). The molecule has 2 aliphatic rings. The Morgan fingerprint density at radius 2 is 1.68 bits per heavy atom. The van der Waals surface area contributed by atoms with Gasteiger partial charge in [0, 0.05) is 18.7 Å². The maximum Gasteiger partial charge on any atom is 0.264 e. The second-order valence-electron chi connectivity index (χ2n) is 8.39. The van der Waals surface area contributed by atoms with E-state index in [1.807, 2.05) is 30.3 Å². The molecular formula is C26H26N2O2S. The summed E-state index contributed by atoms with van der Waals surface area (Å²) >= 11 is 0. The Labute approximate surface area is 184 Å². The topological polar surface area (TPSA) is 49.4 Å². The summed E-state index contributed by atoms with van der Waals surface area (Å²) in [5, 5.41) is 3.72. The van der Waals surface area contributed by atoms with Crippen molar-refractivity contribution in [3.63, 3.8) is 0 Å². The molecule has 0 amide bonds. The van der Waals surface area contributed by atoms with Crippen molar-refractivity contribution in [2.45, 2.75) is 30.2 Å². The fraction of sp³-hybridized carbons (Fsp3) is 0.231. The second kappa shape index (κ2) is 7.57. The van der Waals surface area contributed by atoms with Gasteiger partial charge >= 0.3 is 0 Å². The van der Waals surface area contributed by atoms with Crippen LogP contribution in [0.25, 0.3) is 0 Å². The number of nitrogens with zero attached hydrogens (tertiary/aromatic N) is 1. The summed E-state index contributed by atoms with van der Waals surface area (Å²) in [7, 11) is -2.04. The van der Waals surface area contributed by atoms with Gasteiger partial charge in [0.25, 0.3) is 10.0 Å². The number of para-hydroxylation sites is 1. The van der Waals surface area contributed by atoms with Crippen LogP contribution in [0.1, 0.15) is 35.1 Å². The zero-order chi connectivity index (χ0) is 21.6. The Morgan fingerprint density at radius 1 is 0.935 bits per heavy atom. The van der Waals surface area contributed by atoms with Crippen molar-refractivity contribution in [1.29, 1.82) is 0 Å². The minimum absolute atomic E-state index is 0.207. The van der Waals surface area contributed by atoms with E-state index in [0.29, 0.717) is 16.5 Å². The first-order valence-electron chi connectivity index (χ1n) is 10.6. The summed E-state index contributed by atoms with van der Waals surface area (Å²) in [6.45, 7) is 2.15. The van der Waals surface area contributed by atoms with Gasteiger partial charge in [-0.05, 0) is 66.3 Å². The monoisotopic (exact) mass is 430 g/mol. The first-order chi connectivity index (χ1) is 15.0. The molecule has 0 radical (unpaired) electrons. The molecule has 1 N–H and O–H groups in total. The van der Waals surface area contributed by atoms with E-state index in [4.69, 9.17) is 0 Å². The number of rotatable bonds is 4. The Hall–Kier alpha value is -3.05. The summed E-state index contributed by atoms with van der Waals surface area (Å²) in [5.74, 6) is 0.580. The van der Waals surface area contributed by atoms with Crippen LogP contribution in [0.4, 0.5) is 11.4 Å². The van der Waals surface area contributed by atoms with Gasteiger partial charge in [-0.2, -0.15) is 0 Å². The zero-order valence-electron chi connectivity index (χ0n) is 17.7. The highest BCUT2D eigenvalue weighted by molar-refractivity contribution is 7.92. The average Bonchev–Trinajstić information content (AvgIpc) is 3.29. The van der Waals surface area contributed by atoms with E-state index in [1.165, 1.54) is 15.4 Å². The number of benzene rings is 3. The van der Waals surface area contributed by atoms with Crippen molar-refractivity contribution in [2.75, 3.05) is 16.7 Å². The van der Waals surface area contributed by atoms with Gasteiger partial charge in [-0.3, -0.25) is 4.31 Å². The van der Waals surface area contributed by atoms with Crippen molar-refractivity contribution in [3.8, 4) is 0 Å². The van der Waals surface area contributed by atoms with E-state index in [9.17, 15) is 8.42 Å². The van der Waals surface area contributed by atoms with Crippen LogP contribution in [-0.4, -0.2) is 15.5 Å². The fourth-order valence-corrected chi connectivity index (χ4v) is 6.14. The molecule has 3 aromatic carbocycles. The standard InChI is InChI=1S/C26H26N2O2S/c1-18-9-6-7-12-21(18)26-23-14-8-13-22(23)24-17-20(15-16-25(24)27-26)31(29,30)28(2)19-10-4-3-5-11-19/h3-13,15-17,22-23,26-27H,14H2,1-2H3. The van der Waals surface area contributed by atoms with Gasteiger partial charge in [0.15, 0.2) is 0 Å².